The maximum Gasteiger partial charge on any atom is 0.109 e. The zero-order valence-electron chi connectivity index (χ0n) is 20.5. The Bertz CT molecular complexity index is 930. The van der Waals surface area contributed by atoms with Crippen LogP contribution in [0.1, 0.15) is 49.4 Å². The van der Waals surface area contributed by atoms with E-state index in [2.05, 4.69) is 99.7 Å². The van der Waals surface area contributed by atoms with Crippen LogP contribution in [0.5, 0.6) is 0 Å². The van der Waals surface area contributed by atoms with Gasteiger partial charge in [0.1, 0.15) is 5.82 Å². The van der Waals surface area contributed by atoms with Crippen molar-refractivity contribution in [2.75, 3.05) is 18.9 Å². The third-order valence-corrected chi connectivity index (χ3v) is 5.16. The van der Waals surface area contributed by atoms with E-state index in [1.54, 1.807) is 6.20 Å². The standard InChI is InChI=1S/C19H29N3.C10H10/c1-7-12-22(6)16(5)13-19(20-9-3)21-18-11-10-15(4)17(8-2)14-18;1-3-9-5-7-10(4-2)8-6-9/h9-11,13-14,20-21H,3,5,7-8,12H2,1-2,4,6H3;1,5-8H,4H2,2H3/b19-13+;. The molecule has 0 radical (unpaired) electrons. The van der Waals surface area contributed by atoms with Crippen LogP contribution in [0.25, 0.3) is 0 Å². The molecule has 0 bridgehead atoms. The minimum Gasteiger partial charge on any atom is -0.375 e. The number of hydrogen-bond acceptors (Lipinski definition) is 3. The van der Waals surface area contributed by atoms with E-state index in [9.17, 15) is 0 Å². The Morgan fingerprint density at radius 2 is 1.78 bits per heavy atom. The highest BCUT2D eigenvalue weighted by atomic mass is 15.1. The smallest absolute Gasteiger partial charge is 0.109 e. The van der Waals surface area contributed by atoms with Crippen LogP contribution >= 0.6 is 0 Å². The number of anilines is 1. The molecule has 0 unspecified atom stereocenters. The van der Waals surface area contributed by atoms with Crippen molar-refractivity contribution in [1.82, 2.24) is 10.2 Å². The summed E-state index contributed by atoms with van der Waals surface area (Å²) in [5.74, 6) is 3.45. The van der Waals surface area contributed by atoms with Crippen LogP contribution in [0.15, 0.2) is 79.4 Å². The van der Waals surface area contributed by atoms with E-state index in [-0.39, 0.29) is 0 Å². The molecule has 0 aliphatic carbocycles. The molecule has 32 heavy (non-hydrogen) atoms. The summed E-state index contributed by atoms with van der Waals surface area (Å²) < 4.78 is 0. The molecule has 0 heterocycles. The lowest BCUT2D eigenvalue weighted by atomic mass is 10.1. The molecule has 0 amide bonds. The van der Waals surface area contributed by atoms with Gasteiger partial charge in [-0.15, -0.1) is 6.42 Å². The summed E-state index contributed by atoms with van der Waals surface area (Å²) >= 11 is 0. The van der Waals surface area contributed by atoms with E-state index >= 15 is 0 Å². The fraction of sp³-hybridized carbons (Fsp3) is 0.310. The molecule has 2 aromatic rings. The summed E-state index contributed by atoms with van der Waals surface area (Å²) in [7, 11) is 2.05. The largest absolute Gasteiger partial charge is 0.375 e. The second-order valence-electron chi connectivity index (χ2n) is 7.63. The molecule has 0 atom stereocenters. The Morgan fingerprint density at radius 3 is 2.31 bits per heavy atom. The van der Waals surface area contributed by atoms with Gasteiger partial charge >= 0.3 is 0 Å². The van der Waals surface area contributed by atoms with Gasteiger partial charge in [-0.25, -0.2) is 0 Å². The maximum absolute atomic E-state index is 5.19. The summed E-state index contributed by atoms with van der Waals surface area (Å²) in [5, 5.41) is 6.54. The lowest BCUT2D eigenvalue weighted by Crippen LogP contribution is -2.20. The average molecular weight is 430 g/mol. The molecule has 0 saturated heterocycles. The van der Waals surface area contributed by atoms with Crippen molar-refractivity contribution < 1.29 is 0 Å². The number of aryl methyl sites for hydroxylation is 3. The molecule has 3 heteroatoms. The van der Waals surface area contributed by atoms with Gasteiger partial charge in [0.25, 0.3) is 0 Å². The van der Waals surface area contributed by atoms with Crippen LogP contribution in [0.2, 0.25) is 0 Å². The fourth-order valence-electron chi connectivity index (χ4n) is 3.10. The van der Waals surface area contributed by atoms with E-state index in [0.717, 1.165) is 48.6 Å². The molecule has 2 rings (SSSR count). The van der Waals surface area contributed by atoms with Crippen LogP contribution < -0.4 is 10.6 Å². The summed E-state index contributed by atoms with van der Waals surface area (Å²) in [6.07, 6.45) is 12.1. The first kappa shape index (κ1) is 26.7. The molecule has 3 nitrogen and oxygen atoms in total. The number of terminal acetylenes is 1. The van der Waals surface area contributed by atoms with Gasteiger partial charge in [0.05, 0.1) is 0 Å². The van der Waals surface area contributed by atoms with Gasteiger partial charge in [0.2, 0.25) is 0 Å². The van der Waals surface area contributed by atoms with Crippen molar-refractivity contribution in [3.63, 3.8) is 0 Å². The number of likely N-dealkylation sites (N-methyl/N-ethyl adjacent to an activating group) is 1. The number of benzene rings is 2. The van der Waals surface area contributed by atoms with E-state index in [4.69, 9.17) is 6.42 Å². The zero-order valence-corrected chi connectivity index (χ0v) is 20.5. The first-order valence-corrected chi connectivity index (χ1v) is 11.3. The van der Waals surface area contributed by atoms with Crippen molar-refractivity contribution in [1.29, 1.82) is 0 Å². The molecule has 0 saturated carbocycles. The Labute approximate surface area is 195 Å². The Morgan fingerprint density at radius 1 is 1.09 bits per heavy atom. The summed E-state index contributed by atoms with van der Waals surface area (Å²) in [5.41, 5.74) is 6.99. The minimum atomic E-state index is 0.869. The van der Waals surface area contributed by atoms with E-state index < -0.39 is 0 Å². The summed E-state index contributed by atoms with van der Waals surface area (Å²) in [6.45, 7) is 17.5. The quantitative estimate of drug-likeness (QED) is 0.328. The van der Waals surface area contributed by atoms with Crippen molar-refractivity contribution in [3.8, 4) is 12.3 Å². The second kappa shape index (κ2) is 14.6. The molecular weight excluding hydrogens is 390 g/mol. The topological polar surface area (TPSA) is 27.3 Å². The summed E-state index contributed by atoms with van der Waals surface area (Å²) in [4.78, 5) is 2.14. The van der Waals surface area contributed by atoms with Gasteiger partial charge < -0.3 is 15.5 Å². The number of nitrogens with zero attached hydrogens (tertiary/aromatic N) is 1. The molecule has 0 aliphatic rings. The van der Waals surface area contributed by atoms with Crippen LogP contribution in [-0.2, 0) is 12.8 Å². The van der Waals surface area contributed by atoms with E-state index in [0.29, 0.717) is 0 Å². The average Bonchev–Trinajstić information content (AvgIpc) is 2.81. The first-order chi connectivity index (χ1) is 15.4. The number of nitrogens with one attached hydrogen (secondary N) is 2. The molecular formula is C29H39N3. The van der Waals surface area contributed by atoms with Gasteiger partial charge in [-0.3, -0.25) is 0 Å². The molecule has 0 aliphatic heterocycles. The number of rotatable bonds is 10. The third kappa shape index (κ3) is 9.18. The first-order valence-electron chi connectivity index (χ1n) is 11.3. The van der Waals surface area contributed by atoms with Crippen LogP contribution in [0.4, 0.5) is 5.69 Å². The van der Waals surface area contributed by atoms with E-state index in [1.165, 1.54) is 16.7 Å². The molecule has 0 spiro atoms. The van der Waals surface area contributed by atoms with Crippen molar-refractivity contribution in [3.05, 3.63) is 102 Å². The molecule has 170 valence electrons. The second-order valence-corrected chi connectivity index (χ2v) is 7.63. The molecule has 2 aromatic carbocycles. The highest BCUT2D eigenvalue weighted by Crippen LogP contribution is 2.17. The van der Waals surface area contributed by atoms with Crippen LogP contribution in [0, 0.1) is 19.3 Å². The van der Waals surface area contributed by atoms with Crippen LogP contribution in [-0.4, -0.2) is 18.5 Å². The van der Waals surface area contributed by atoms with Gasteiger partial charge in [-0.1, -0.05) is 58.0 Å². The van der Waals surface area contributed by atoms with E-state index in [1.807, 2.05) is 18.2 Å². The zero-order chi connectivity index (χ0) is 23.9. The minimum absolute atomic E-state index is 0.869. The lowest BCUT2D eigenvalue weighted by molar-refractivity contribution is 0.430. The van der Waals surface area contributed by atoms with Crippen molar-refractivity contribution >= 4 is 5.69 Å². The van der Waals surface area contributed by atoms with Crippen molar-refractivity contribution in [2.45, 2.75) is 47.0 Å². The maximum atomic E-state index is 5.19. The SMILES string of the molecule is C#Cc1ccc(CC)cc1.C=CN/C(=C\C(=C)N(C)CCC)Nc1ccc(C)c(CC)c1. The monoisotopic (exact) mass is 429 g/mol. The predicted octanol–water partition coefficient (Wildman–Crippen LogP) is 6.63. The molecule has 2 N–H and O–H groups in total. The highest BCUT2D eigenvalue weighted by Gasteiger charge is 2.03. The van der Waals surface area contributed by atoms with Gasteiger partial charge in [0.15, 0.2) is 0 Å². The highest BCUT2D eigenvalue weighted by molar-refractivity contribution is 5.52. The Hall–Kier alpha value is -3.38. The van der Waals surface area contributed by atoms with Gasteiger partial charge in [0, 0.05) is 36.6 Å². The fourth-order valence-corrected chi connectivity index (χ4v) is 3.10. The Kier molecular flexibility index (Phi) is 12.2. The van der Waals surface area contributed by atoms with Gasteiger partial charge in [-0.2, -0.15) is 0 Å². The van der Waals surface area contributed by atoms with Crippen LogP contribution in [0.3, 0.4) is 0 Å². The third-order valence-electron chi connectivity index (χ3n) is 5.16. The normalized spacial score (nSPS) is 10.3. The molecule has 0 aromatic heterocycles. The number of allylic oxidation sites excluding steroid dienone is 1. The molecule has 0 fully saturated rings. The lowest BCUT2D eigenvalue weighted by Gasteiger charge is -2.20. The van der Waals surface area contributed by atoms with Gasteiger partial charge in [-0.05, 0) is 73.3 Å². The Balaban J connectivity index is 0.000000425. The summed E-state index contributed by atoms with van der Waals surface area (Å²) in [6, 6.07) is 14.5. The van der Waals surface area contributed by atoms with Crippen molar-refractivity contribution in [2.24, 2.45) is 0 Å². The number of hydrogen-bond donors (Lipinski definition) is 2. The predicted molar refractivity (Wildman–Crippen MR) is 141 cm³/mol.